The predicted octanol–water partition coefficient (Wildman–Crippen LogP) is 4.84. The van der Waals surface area contributed by atoms with Gasteiger partial charge in [-0.25, -0.2) is 13.4 Å². The quantitative estimate of drug-likeness (QED) is 0.205. The molecule has 7 rings (SSSR count). The molecule has 2 N–H and O–H groups in total. The number of aryl methyl sites for hydroxylation is 1. The fraction of sp³-hybridized carbons (Fsp3) is 0.429. The fourth-order valence-corrected chi connectivity index (χ4v) is 7.49. The topological polar surface area (TPSA) is 145 Å². The van der Waals surface area contributed by atoms with Crippen LogP contribution in [-0.4, -0.2) is 111 Å². The lowest BCUT2D eigenvalue weighted by molar-refractivity contribution is 0.0982. The fourth-order valence-electron chi connectivity index (χ4n) is 6.98. The van der Waals surface area contributed by atoms with Gasteiger partial charge in [-0.3, -0.25) is 19.2 Å². The van der Waals surface area contributed by atoms with E-state index in [4.69, 9.17) is 19.1 Å². The Hall–Kier alpha value is -4.73. The number of sulfonamides is 1. The zero-order chi connectivity index (χ0) is 35.0. The number of hydrogen-bond acceptors (Lipinski definition) is 13. The predicted molar refractivity (Wildman–Crippen MR) is 198 cm³/mol. The van der Waals surface area contributed by atoms with Gasteiger partial charge in [0.25, 0.3) is 0 Å². The Labute approximate surface area is 292 Å². The molecule has 0 spiro atoms. The van der Waals surface area contributed by atoms with Crippen molar-refractivity contribution in [3.63, 3.8) is 0 Å². The summed E-state index contributed by atoms with van der Waals surface area (Å²) in [6.07, 6.45) is 8.93. The van der Waals surface area contributed by atoms with Gasteiger partial charge < -0.3 is 29.6 Å². The van der Waals surface area contributed by atoms with Gasteiger partial charge in [0.05, 0.1) is 36.5 Å². The molecule has 3 aromatic heterocycles. The number of ether oxygens (including phenoxy) is 1. The smallest absolute Gasteiger partial charge is 0.232 e. The number of likely N-dealkylation sites (N-methyl/N-ethyl adjacent to an activating group) is 1. The summed E-state index contributed by atoms with van der Waals surface area (Å²) < 4.78 is 38.3. The van der Waals surface area contributed by atoms with Crippen LogP contribution in [0.3, 0.4) is 0 Å². The van der Waals surface area contributed by atoms with Crippen LogP contribution in [0.2, 0.25) is 0 Å². The van der Waals surface area contributed by atoms with E-state index >= 15 is 0 Å². The van der Waals surface area contributed by atoms with Crippen molar-refractivity contribution in [2.45, 2.75) is 32.2 Å². The van der Waals surface area contributed by atoms with Gasteiger partial charge in [0.1, 0.15) is 22.5 Å². The number of fused-ring (bicyclic) bond motifs is 2. The van der Waals surface area contributed by atoms with Crippen molar-refractivity contribution in [1.29, 1.82) is 0 Å². The minimum Gasteiger partial charge on any atom is -0.494 e. The number of anilines is 6. The SMILES string of the molecule is CCc1cc(Nc2nc(Nc3ccc4nccnc4c3N(C)S(C)(=O)=O)c3occc3n2)c(OC)cc1N1CCC(N2CCN(C)CC2)CC1. The monoisotopic (exact) mass is 700 g/mol. The van der Waals surface area contributed by atoms with E-state index in [0.717, 1.165) is 70.5 Å². The summed E-state index contributed by atoms with van der Waals surface area (Å²) in [7, 11) is 1.72. The molecule has 2 saturated heterocycles. The Morgan fingerprint density at radius 1 is 0.960 bits per heavy atom. The Bertz CT molecular complexity index is 2110. The number of piperidine rings is 1. The summed E-state index contributed by atoms with van der Waals surface area (Å²) in [5.41, 5.74) is 5.91. The van der Waals surface area contributed by atoms with E-state index in [1.54, 1.807) is 37.8 Å². The van der Waals surface area contributed by atoms with Crippen molar-refractivity contribution in [2.24, 2.45) is 0 Å². The third-order valence-corrected chi connectivity index (χ3v) is 11.0. The zero-order valence-corrected chi connectivity index (χ0v) is 30.0. The van der Waals surface area contributed by atoms with E-state index in [9.17, 15) is 8.42 Å². The average Bonchev–Trinajstić information content (AvgIpc) is 3.60. The summed E-state index contributed by atoms with van der Waals surface area (Å²) in [6.45, 7) is 8.76. The van der Waals surface area contributed by atoms with Crippen LogP contribution in [0.4, 0.5) is 34.5 Å². The number of aromatic nitrogens is 4. The van der Waals surface area contributed by atoms with Gasteiger partial charge in [-0.1, -0.05) is 6.92 Å². The molecule has 2 aromatic carbocycles. The number of nitrogens with zero attached hydrogens (tertiary/aromatic N) is 8. The molecule has 0 unspecified atom stereocenters. The Kier molecular flexibility index (Phi) is 9.37. The molecule has 0 radical (unpaired) electrons. The van der Waals surface area contributed by atoms with Crippen LogP contribution in [0.5, 0.6) is 5.75 Å². The molecule has 2 aliphatic rings. The second kappa shape index (κ2) is 13.9. The highest BCUT2D eigenvalue weighted by atomic mass is 32.2. The Morgan fingerprint density at radius 3 is 2.44 bits per heavy atom. The van der Waals surface area contributed by atoms with Crippen LogP contribution in [-0.2, 0) is 16.4 Å². The van der Waals surface area contributed by atoms with Crippen LogP contribution in [0, 0.1) is 0 Å². The summed E-state index contributed by atoms with van der Waals surface area (Å²) in [6, 6.07) is 10.2. The first-order chi connectivity index (χ1) is 24.1. The van der Waals surface area contributed by atoms with Crippen molar-refractivity contribution in [1.82, 2.24) is 29.7 Å². The van der Waals surface area contributed by atoms with Crippen LogP contribution in [0.25, 0.3) is 22.1 Å². The standard InChI is InChI=1S/C35H44N10O4S/c1-6-23-21-28(30(48-4)22-29(23)45-14-9-24(10-15-45)44-18-16-42(2)17-19-44)40-35-39-27-11-20-49-33(27)34(41-35)38-26-8-7-25-31(37-13-12-36-25)32(26)43(3)50(5,46)47/h7-8,11-13,20-22,24H,6,9-10,14-19H2,1-5H3,(H2,38,39,40,41). The first-order valence-corrected chi connectivity index (χ1v) is 18.8. The molecule has 15 heteroatoms. The van der Waals surface area contributed by atoms with E-state index in [2.05, 4.69) is 61.4 Å². The second-order valence-corrected chi connectivity index (χ2v) is 15.0. The number of nitrogens with one attached hydrogen (secondary N) is 2. The molecule has 0 aliphatic carbocycles. The third kappa shape index (κ3) is 6.72. The van der Waals surface area contributed by atoms with Crippen molar-refractivity contribution < 1.29 is 17.6 Å². The van der Waals surface area contributed by atoms with Crippen LogP contribution < -0.4 is 24.6 Å². The molecule has 5 heterocycles. The number of methoxy groups -OCH3 is 1. The maximum absolute atomic E-state index is 12.7. The van der Waals surface area contributed by atoms with E-state index in [0.29, 0.717) is 57.1 Å². The molecule has 14 nitrogen and oxygen atoms in total. The van der Waals surface area contributed by atoms with Gasteiger partial charge in [0.2, 0.25) is 16.0 Å². The van der Waals surface area contributed by atoms with Crippen molar-refractivity contribution in [2.75, 3.05) is 86.6 Å². The second-order valence-electron chi connectivity index (χ2n) is 13.0. The van der Waals surface area contributed by atoms with E-state index in [-0.39, 0.29) is 0 Å². The van der Waals surface area contributed by atoms with Crippen molar-refractivity contribution >= 4 is 66.7 Å². The maximum Gasteiger partial charge on any atom is 0.232 e. The van der Waals surface area contributed by atoms with Crippen molar-refractivity contribution in [3.8, 4) is 5.75 Å². The van der Waals surface area contributed by atoms with Crippen LogP contribution in [0.15, 0.2) is 53.4 Å². The lowest BCUT2D eigenvalue weighted by Gasteiger charge is -2.43. The van der Waals surface area contributed by atoms with E-state index in [1.807, 2.05) is 0 Å². The molecule has 2 fully saturated rings. The first kappa shape index (κ1) is 33.8. The molecular formula is C35H44N10O4S. The van der Waals surface area contributed by atoms with Gasteiger partial charge >= 0.3 is 0 Å². The van der Waals surface area contributed by atoms with Crippen molar-refractivity contribution in [3.05, 3.63) is 54.6 Å². The lowest BCUT2D eigenvalue weighted by Crippen LogP contribution is -2.52. The molecule has 264 valence electrons. The van der Waals surface area contributed by atoms with E-state index < -0.39 is 10.0 Å². The number of furan rings is 1. The number of piperazine rings is 1. The van der Waals surface area contributed by atoms with Gasteiger partial charge in [-0.15, -0.1) is 0 Å². The van der Waals surface area contributed by atoms with Gasteiger partial charge in [-0.05, 0) is 50.1 Å². The molecular weight excluding hydrogens is 657 g/mol. The van der Waals surface area contributed by atoms with Crippen LogP contribution in [0.1, 0.15) is 25.3 Å². The van der Waals surface area contributed by atoms with Gasteiger partial charge in [0.15, 0.2) is 11.4 Å². The van der Waals surface area contributed by atoms with Crippen LogP contribution >= 0.6 is 0 Å². The van der Waals surface area contributed by atoms with E-state index in [1.165, 1.54) is 28.8 Å². The first-order valence-electron chi connectivity index (χ1n) is 17.0. The normalized spacial score (nSPS) is 16.6. The minimum absolute atomic E-state index is 0.320. The molecule has 0 saturated carbocycles. The molecule has 2 aliphatic heterocycles. The largest absolute Gasteiger partial charge is 0.494 e. The summed E-state index contributed by atoms with van der Waals surface area (Å²) in [5, 5.41) is 6.70. The highest BCUT2D eigenvalue weighted by Crippen LogP contribution is 2.39. The summed E-state index contributed by atoms with van der Waals surface area (Å²) >= 11 is 0. The summed E-state index contributed by atoms with van der Waals surface area (Å²) in [5.74, 6) is 1.36. The Balaban J connectivity index is 1.18. The highest BCUT2D eigenvalue weighted by molar-refractivity contribution is 7.92. The maximum atomic E-state index is 12.7. The van der Waals surface area contributed by atoms with Gasteiger partial charge in [0, 0.05) is 82.6 Å². The average molecular weight is 701 g/mol. The van der Waals surface area contributed by atoms with Gasteiger partial charge in [-0.2, -0.15) is 4.98 Å². The highest BCUT2D eigenvalue weighted by Gasteiger charge is 2.28. The lowest BCUT2D eigenvalue weighted by atomic mass is 9.99. The third-order valence-electron chi connectivity index (χ3n) is 9.87. The minimum atomic E-state index is -3.64. The molecule has 0 atom stereocenters. The Morgan fingerprint density at radius 2 is 1.72 bits per heavy atom. The number of rotatable bonds is 10. The number of hydrogen-bond donors (Lipinski definition) is 2. The molecule has 0 amide bonds. The molecule has 0 bridgehead atoms. The summed E-state index contributed by atoms with van der Waals surface area (Å²) in [4.78, 5) is 25.9. The zero-order valence-electron chi connectivity index (χ0n) is 29.2. The molecule has 5 aromatic rings. The number of benzene rings is 2. The molecule has 50 heavy (non-hydrogen) atoms.